The van der Waals surface area contributed by atoms with Gasteiger partial charge in [0.25, 0.3) is 11.8 Å². The summed E-state index contributed by atoms with van der Waals surface area (Å²) in [5, 5.41) is 16.1. The smallest absolute Gasteiger partial charge is 0.273 e. The molecule has 1 fully saturated rings. The molecule has 3 aromatic rings. The highest BCUT2D eigenvalue weighted by molar-refractivity contribution is 7.98. The number of carbonyl (C=O) groups excluding carboxylic acids is 2. The van der Waals surface area contributed by atoms with Crippen LogP contribution in [0.15, 0.2) is 71.8 Å². The number of aliphatic hydroxyl groups excluding tert-OH is 1. The topological polar surface area (TPSA) is 103 Å². The Morgan fingerprint density at radius 2 is 1.85 bits per heavy atom. The molecule has 0 radical (unpaired) electrons. The number of piperidine rings is 1. The predicted octanol–water partition coefficient (Wildman–Crippen LogP) is 5.17. The van der Waals surface area contributed by atoms with E-state index in [0.29, 0.717) is 34.2 Å². The molecule has 3 aromatic carbocycles. The lowest BCUT2D eigenvalue weighted by Gasteiger charge is -2.32. The van der Waals surface area contributed by atoms with Gasteiger partial charge in [-0.2, -0.15) is 16.9 Å². The first-order valence-corrected chi connectivity index (χ1v) is 14.6. The van der Waals surface area contributed by atoms with Crippen molar-refractivity contribution in [3.05, 3.63) is 89.0 Å². The monoisotopic (exact) mass is 560 g/mol. The Labute approximate surface area is 239 Å². The fraction of sp³-hybridized carbons (Fsp3) is 0.323. The van der Waals surface area contributed by atoms with Crippen molar-refractivity contribution in [3.63, 3.8) is 0 Å². The molecule has 0 bridgehead atoms. The van der Waals surface area contributed by atoms with Gasteiger partial charge in [-0.05, 0) is 84.5 Å². The summed E-state index contributed by atoms with van der Waals surface area (Å²) >= 11 is 1.60. The third-order valence-electron chi connectivity index (χ3n) is 6.83. The summed E-state index contributed by atoms with van der Waals surface area (Å²) in [6, 6.07) is 20.3. The number of ether oxygens (including phenoxy) is 1. The molecule has 210 valence electrons. The molecule has 1 aliphatic rings. The molecule has 0 atom stereocenters. The van der Waals surface area contributed by atoms with E-state index in [9.17, 15) is 9.59 Å². The van der Waals surface area contributed by atoms with Crippen LogP contribution in [0, 0.1) is 5.92 Å². The zero-order chi connectivity index (χ0) is 28.3. The van der Waals surface area contributed by atoms with Gasteiger partial charge in [0, 0.05) is 35.8 Å². The number of hydrogen-bond acceptors (Lipinski definition) is 7. The van der Waals surface area contributed by atoms with Gasteiger partial charge in [-0.1, -0.05) is 19.1 Å². The second-order valence-electron chi connectivity index (χ2n) is 9.80. The SMILES string of the molecule is COc1ccc(/C=N/NC(=O)c2cc(N3CCC(C)CC3)ccc2NC(=O)c2cccc(CSCCO)c2)cc1. The number of hydrogen-bond donors (Lipinski definition) is 3. The Balaban J connectivity index is 1.53. The van der Waals surface area contributed by atoms with Crippen LogP contribution in [0.5, 0.6) is 5.75 Å². The van der Waals surface area contributed by atoms with Crippen LogP contribution in [-0.2, 0) is 5.75 Å². The molecule has 0 unspecified atom stereocenters. The van der Waals surface area contributed by atoms with Crippen LogP contribution in [0.1, 0.15) is 51.6 Å². The van der Waals surface area contributed by atoms with Gasteiger partial charge >= 0.3 is 0 Å². The average Bonchev–Trinajstić information content (AvgIpc) is 2.98. The van der Waals surface area contributed by atoms with Crippen LogP contribution < -0.4 is 20.4 Å². The van der Waals surface area contributed by atoms with Crippen LogP contribution in [0.3, 0.4) is 0 Å². The van der Waals surface area contributed by atoms with Crippen LogP contribution >= 0.6 is 11.8 Å². The van der Waals surface area contributed by atoms with Gasteiger partial charge in [-0.25, -0.2) is 5.43 Å². The highest BCUT2D eigenvalue weighted by Gasteiger charge is 2.20. The van der Waals surface area contributed by atoms with E-state index in [0.717, 1.165) is 48.5 Å². The summed E-state index contributed by atoms with van der Waals surface area (Å²) in [5.41, 5.74) is 6.61. The van der Waals surface area contributed by atoms with E-state index in [1.54, 1.807) is 37.2 Å². The van der Waals surface area contributed by atoms with Gasteiger partial charge in [-0.3, -0.25) is 9.59 Å². The quantitative estimate of drug-likeness (QED) is 0.170. The summed E-state index contributed by atoms with van der Waals surface area (Å²) < 4.78 is 5.18. The van der Waals surface area contributed by atoms with Gasteiger partial charge < -0.3 is 20.1 Å². The van der Waals surface area contributed by atoms with Gasteiger partial charge in [-0.15, -0.1) is 0 Å². The Kier molecular flexibility index (Phi) is 10.6. The van der Waals surface area contributed by atoms with E-state index < -0.39 is 5.91 Å². The Morgan fingerprint density at radius 1 is 1.07 bits per heavy atom. The first-order chi connectivity index (χ1) is 19.5. The maximum atomic E-state index is 13.3. The molecule has 8 nitrogen and oxygen atoms in total. The first-order valence-electron chi connectivity index (χ1n) is 13.4. The highest BCUT2D eigenvalue weighted by Crippen LogP contribution is 2.28. The Bertz CT molecular complexity index is 1320. The van der Waals surface area contributed by atoms with E-state index in [-0.39, 0.29) is 12.5 Å². The van der Waals surface area contributed by atoms with Crippen molar-refractivity contribution in [2.75, 3.05) is 42.8 Å². The zero-order valence-corrected chi connectivity index (χ0v) is 23.7. The Hall–Kier alpha value is -3.82. The third kappa shape index (κ3) is 8.09. The van der Waals surface area contributed by atoms with Crippen molar-refractivity contribution in [2.45, 2.75) is 25.5 Å². The van der Waals surface area contributed by atoms with Crippen molar-refractivity contribution in [1.82, 2.24) is 5.43 Å². The van der Waals surface area contributed by atoms with Crippen molar-refractivity contribution in [3.8, 4) is 5.75 Å². The number of carbonyl (C=O) groups is 2. The van der Waals surface area contributed by atoms with E-state index in [1.165, 1.54) is 0 Å². The van der Waals surface area contributed by atoms with Crippen LogP contribution in [0.2, 0.25) is 0 Å². The van der Waals surface area contributed by atoms with Gasteiger partial charge in [0.2, 0.25) is 0 Å². The lowest BCUT2D eigenvalue weighted by Crippen LogP contribution is -2.33. The summed E-state index contributed by atoms with van der Waals surface area (Å²) in [6.07, 6.45) is 3.75. The molecule has 0 aromatic heterocycles. The van der Waals surface area contributed by atoms with Gasteiger partial charge in [0.1, 0.15) is 5.75 Å². The Morgan fingerprint density at radius 3 is 2.58 bits per heavy atom. The maximum absolute atomic E-state index is 13.3. The summed E-state index contributed by atoms with van der Waals surface area (Å²) in [4.78, 5) is 28.8. The van der Waals surface area contributed by atoms with Crippen LogP contribution in [0.4, 0.5) is 11.4 Å². The molecular weight excluding hydrogens is 524 g/mol. The normalized spacial score (nSPS) is 13.8. The minimum Gasteiger partial charge on any atom is -0.497 e. The predicted molar refractivity (Wildman–Crippen MR) is 163 cm³/mol. The van der Waals surface area contributed by atoms with Gasteiger partial charge in [0.15, 0.2) is 0 Å². The number of nitrogens with one attached hydrogen (secondary N) is 2. The molecule has 2 amide bonds. The molecule has 1 saturated heterocycles. The third-order valence-corrected chi connectivity index (χ3v) is 7.84. The van der Waals surface area contributed by atoms with E-state index in [1.807, 2.05) is 54.6 Å². The number of thioether (sulfide) groups is 1. The standard InChI is InChI=1S/C31H36N4O4S/c1-22-12-14-35(15-13-22)26-8-11-29(33-30(37)25-5-3-4-24(18-25)21-40-17-16-36)28(19-26)31(38)34-32-20-23-6-9-27(39-2)10-7-23/h3-11,18-20,22,36H,12-17,21H2,1-2H3,(H,33,37)(H,34,38)/b32-20+. The number of nitrogens with zero attached hydrogens (tertiary/aromatic N) is 2. The van der Waals surface area contributed by atoms with E-state index >= 15 is 0 Å². The molecule has 1 heterocycles. The summed E-state index contributed by atoms with van der Waals surface area (Å²) in [5.74, 6) is 2.04. The minimum atomic E-state index is -0.415. The van der Waals surface area contributed by atoms with Crippen LogP contribution in [0.25, 0.3) is 0 Å². The molecule has 0 saturated carbocycles. The molecule has 4 rings (SSSR count). The number of aliphatic hydroxyl groups is 1. The number of hydrazone groups is 1. The van der Waals surface area contributed by atoms with Crippen molar-refractivity contribution < 1.29 is 19.4 Å². The molecule has 0 aliphatic carbocycles. The molecule has 1 aliphatic heterocycles. The molecule has 9 heteroatoms. The maximum Gasteiger partial charge on any atom is 0.273 e. The lowest BCUT2D eigenvalue weighted by molar-refractivity contribution is 0.0956. The van der Waals surface area contributed by atoms with Crippen molar-refractivity contribution in [1.29, 1.82) is 0 Å². The molecule has 0 spiro atoms. The molecular formula is C31H36N4O4S. The highest BCUT2D eigenvalue weighted by atomic mass is 32.2. The summed E-state index contributed by atoms with van der Waals surface area (Å²) in [6.45, 7) is 4.22. The number of anilines is 2. The van der Waals surface area contributed by atoms with E-state index in [4.69, 9.17) is 9.84 Å². The van der Waals surface area contributed by atoms with E-state index in [2.05, 4.69) is 27.7 Å². The number of benzene rings is 3. The fourth-order valence-corrected chi connectivity index (χ4v) is 5.15. The number of rotatable bonds is 11. The van der Waals surface area contributed by atoms with Crippen molar-refractivity contribution in [2.24, 2.45) is 11.0 Å². The second kappa shape index (κ2) is 14.5. The van der Waals surface area contributed by atoms with Crippen molar-refractivity contribution >= 4 is 41.2 Å². The first kappa shape index (κ1) is 29.2. The largest absolute Gasteiger partial charge is 0.497 e. The number of amides is 2. The fourth-order valence-electron chi connectivity index (χ4n) is 4.46. The summed E-state index contributed by atoms with van der Waals surface area (Å²) in [7, 11) is 1.60. The van der Waals surface area contributed by atoms with Gasteiger partial charge in [0.05, 0.1) is 31.2 Å². The zero-order valence-electron chi connectivity index (χ0n) is 22.9. The lowest BCUT2D eigenvalue weighted by atomic mass is 9.98. The minimum absolute atomic E-state index is 0.117. The average molecular weight is 561 g/mol. The number of methoxy groups -OCH3 is 1. The molecule has 40 heavy (non-hydrogen) atoms. The van der Waals surface area contributed by atoms with Crippen LogP contribution in [-0.4, -0.2) is 55.7 Å². The molecule has 3 N–H and O–H groups in total. The second-order valence-corrected chi connectivity index (χ2v) is 10.9.